The molecule has 0 bridgehead atoms. The number of benzene rings is 1. The molecule has 0 aliphatic rings. The van der Waals surface area contributed by atoms with E-state index >= 15 is 0 Å². The number of carbonyl (C=O) groups is 2. The molecule has 2 amide bonds. The molecule has 118 valence electrons. The fraction of sp³-hybridized carbons (Fsp3) is 0.125. The molecule has 2 aromatic rings. The number of hydrazone groups is 1. The molecule has 0 saturated carbocycles. The minimum absolute atomic E-state index is 0.244. The molecule has 0 aliphatic carbocycles. The number of hydrogen-bond acceptors (Lipinski definition) is 4. The lowest BCUT2D eigenvalue weighted by atomic mass is 10.2. The number of aromatic nitrogens is 1. The molecule has 1 heterocycles. The van der Waals surface area contributed by atoms with Gasteiger partial charge in [-0.3, -0.25) is 14.6 Å². The number of halogens is 1. The second-order valence-corrected chi connectivity index (χ2v) is 4.63. The van der Waals surface area contributed by atoms with E-state index in [0.29, 0.717) is 6.54 Å². The molecule has 0 unspecified atom stereocenters. The first kappa shape index (κ1) is 16.3. The van der Waals surface area contributed by atoms with Gasteiger partial charge in [0.1, 0.15) is 12.2 Å². The van der Waals surface area contributed by atoms with Gasteiger partial charge in [-0.05, 0) is 17.7 Å². The van der Waals surface area contributed by atoms with Crippen LogP contribution in [0, 0.1) is 5.82 Å². The van der Waals surface area contributed by atoms with Gasteiger partial charge in [0.15, 0.2) is 0 Å². The number of hydrogen-bond donors (Lipinski definition) is 2. The fourth-order valence-electron chi connectivity index (χ4n) is 1.70. The highest BCUT2D eigenvalue weighted by Crippen LogP contribution is 2.02. The summed E-state index contributed by atoms with van der Waals surface area (Å²) in [7, 11) is 0. The summed E-state index contributed by atoms with van der Waals surface area (Å²) < 4.78 is 13.3. The second-order valence-electron chi connectivity index (χ2n) is 4.63. The van der Waals surface area contributed by atoms with Gasteiger partial charge in [-0.2, -0.15) is 5.10 Å². The Kier molecular flexibility index (Phi) is 5.93. The Morgan fingerprint density at radius 3 is 2.74 bits per heavy atom. The Labute approximate surface area is 132 Å². The predicted molar refractivity (Wildman–Crippen MR) is 82.8 cm³/mol. The first-order chi connectivity index (χ1) is 11.1. The number of nitrogens with one attached hydrogen (secondary N) is 2. The first-order valence-corrected chi connectivity index (χ1v) is 6.87. The van der Waals surface area contributed by atoms with Gasteiger partial charge in [-0.1, -0.05) is 24.3 Å². The van der Waals surface area contributed by atoms with Crippen molar-refractivity contribution in [1.82, 2.24) is 15.7 Å². The molecule has 0 saturated heterocycles. The van der Waals surface area contributed by atoms with E-state index in [4.69, 9.17) is 0 Å². The average molecular weight is 314 g/mol. The van der Waals surface area contributed by atoms with Crippen molar-refractivity contribution in [1.29, 1.82) is 0 Å². The summed E-state index contributed by atoms with van der Waals surface area (Å²) in [4.78, 5) is 27.1. The maximum Gasteiger partial charge on any atom is 0.249 e. The van der Waals surface area contributed by atoms with E-state index in [1.807, 2.05) is 6.07 Å². The van der Waals surface area contributed by atoms with Gasteiger partial charge < -0.3 is 5.32 Å². The van der Waals surface area contributed by atoms with Crippen molar-refractivity contribution in [3.8, 4) is 0 Å². The van der Waals surface area contributed by atoms with Crippen LogP contribution in [0.1, 0.15) is 17.5 Å². The van der Waals surface area contributed by atoms with Crippen molar-refractivity contribution in [3.05, 3.63) is 65.7 Å². The number of nitrogens with zero attached hydrogens (tertiary/aromatic N) is 2. The van der Waals surface area contributed by atoms with Crippen LogP contribution >= 0.6 is 0 Å². The van der Waals surface area contributed by atoms with Crippen LogP contribution < -0.4 is 10.7 Å². The molecule has 6 nitrogen and oxygen atoms in total. The van der Waals surface area contributed by atoms with Crippen LogP contribution in [0.5, 0.6) is 0 Å². The van der Waals surface area contributed by atoms with E-state index in [1.54, 1.807) is 30.6 Å². The molecule has 1 aromatic carbocycles. The van der Waals surface area contributed by atoms with Crippen LogP contribution in [0.15, 0.2) is 53.9 Å². The summed E-state index contributed by atoms with van der Waals surface area (Å²) in [5.41, 5.74) is 3.25. The van der Waals surface area contributed by atoms with Crippen molar-refractivity contribution >= 4 is 18.0 Å². The summed E-state index contributed by atoms with van der Waals surface area (Å²) in [6.45, 7) is 0.290. The Hall–Kier alpha value is -3.09. The summed E-state index contributed by atoms with van der Waals surface area (Å²) in [6, 6.07) is 9.58. The molecule has 23 heavy (non-hydrogen) atoms. The van der Waals surface area contributed by atoms with Crippen molar-refractivity contribution in [2.24, 2.45) is 5.10 Å². The molecule has 0 spiro atoms. The summed E-state index contributed by atoms with van der Waals surface area (Å²) in [6.07, 6.45) is 4.07. The maximum atomic E-state index is 13.3. The number of rotatable bonds is 6. The van der Waals surface area contributed by atoms with Crippen molar-refractivity contribution in [2.45, 2.75) is 13.0 Å². The van der Waals surface area contributed by atoms with Crippen LogP contribution in [-0.2, 0) is 16.1 Å². The Bertz CT molecular complexity index is 704. The van der Waals surface area contributed by atoms with Gasteiger partial charge in [0, 0.05) is 24.5 Å². The van der Waals surface area contributed by atoms with Crippen LogP contribution in [0.4, 0.5) is 4.39 Å². The quantitative estimate of drug-likeness (QED) is 0.480. The lowest BCUT2D eigenvalue weighted by molar-refractivity contribution is -0.129. The summed E-state index contributed by atoms with van der Waals surface area (Å²) in [5.74, 6) is -1.46. The SMILES string of the molecule is O=C(CC(=O)N/N=C\c1ccccc1F)NCc1cccnc1. The van der Waals surface area contributed by atoms with E-state index in [1.165, 1.54) is 18.3 Å². The van der Waals surface area contributed by atoms with Gasteiger partial charge >= 0.3 is 0 Å². The van der Waals surface area contributed by atoms with Crippen molar-refractivity contribution in [2.75, 3.05) is 0 Å². The second kappa shape index (κ2) is 8.38. The normalized spacial score (nSPS) is 10.5. The highest BCUT2D eigenvalue weighted by molar-refractivity contribution is 5.97. The predicted octanol–water partition coefficient (Wildman–Crippen LogP) is 1.38. The smallest absolute Gasteiger partial charge is 0.249 e. The lowest BCUT2D eigenvalue weighted by Gasteiger charge is -2.04. The zero-order chi connectivity index (χ0) is 16.5. The lowest BCUT2D eigenvalue weighted by Crippen LogP contribution is -2.29. The maximum absolute atomic E-state index is 13.3. The van der Waals surface area contributed by atoms with Crippen LogP contribution in [0.3, 0.4) is 0 Å². The third-order valence-electron chi connectivity index (χ3n) is 2.83. The van der Waals surface area contributed by atoms with E-state index in [0.717, 1.165) is 5.56 Å². The molecule has 2 N–H and O–H groups in total. The number of pyridine rings is 1. The number of carbonyl (C=O) groups excluding carboxylic acids is 2. The van der Waals surface area contributed by atoms with Gasteiger partial charge in [0.05, 0.1) is 6.21 Å². The molecule has 1 aromatic heterocycles. The molecule has 0 radical (unpaired) electrons. The molecule has 0 atom stereocenters. The Morgan fingerprint density at radius 1 is 1.17 bits per heavy atom. The molecular weight excluding hydrogens is 299 g/mol. The van der Waals surface area contributed by atoms with Crippen molar-refractivity contribution in [3.63, 3.8) is 0 Å². The highest BCUT2D eigenvalue weighted by atomic mass is 19.1. The number of amides is 2. The first-order valence-electron chi connectivity index (χ1n) is 6.87. The highest BCUT2D eigenvalue weighted by Gasteiger charge is 2.08. The van der Waals surface area contributed by atoms with E-state index in [-0.39, 0.29) is 12.0 Å². The summed E-state index contributed by atoms with van der Waals surface area (Å²) in [5, 5.41) is 6.21. The molecule has 0 aliphatic heterocycles. The average Bonchev–Trinajstić information content (AvgIpc) is 2.56. The standard InChI is InChI=1S/C16H15FN4O2/c17-14-6-2-1-5-13(14)11-20-21-16(23)8-15(22)19-10-12-4-3-7-18-9-12/h1-7,9,11H,8,10H2,(H,19,22)(H,21,23)/b20-11-. The molecular formula is C16H15FN4O2. The van der Waals surface area contributed by atoms with Gasteiger partial charge in [0.2, 0.25) is 11.8 Å². The van der Waals surface area contributed by atoms with Gasteiger partial charge in [0.25, 0.3) is 0 Å². The zero-order valence-electron chi connectivity index (χ0n) is 12.2. The third kappa shape index (κ3) is 5.66. The Balaban J connectivity index is 1.74. The van der Waals surface area contributed by atoms with E-state index < -0.39 is 17.6 Å². The van der Waals surface area contributed by atoms with Crippen molar-refractivity contribution < 1.29 is 14.0 Å². The largest absolute Gasteiger partial charge is 0.352 e. The van der Waals surface area contributed by atoms with Crippen LogP contribution in [-0.4, -0.2) is 23.0 Å². The molecule has 2 rings (SSSR count). The van der Waals surface area contributed by atoms with Crippen LogP contribution in [0.2, 0.25) is 0 Å². The minimum atomic E-state index is -0.582. The van der Waals surface area contributed by atoms with E-state index in [2.05, 4.69) is 20.8 Å². The molecule has 0 fully saturated rings. The van der Waals surface area contributed by atoms with Crippen LogP contribution in [0.25, 0.3) is 0 Å². The van der Waals surface area contributed by atoms with Gasteiger partial charge in [-0.25, -0.2) is 9.82 Å². The van der Waals surface area contributed by atoms with E-state index in [9.17, 15) is 14.0 Å². The molecule has 7 heteroatoms. The third-order valence-corrected chi connectivity index (χ3v) is 2.83. The summed E-state index contributed by atoms with van der Waals surface area (Å²) >= 11 is 0. The van der Waals surface area contributed by atoms with Gasteiger partial charge in [-0.15, -0.1) is 0 Å². The monoisotopic (exact) mass is 314 g/mol. The zero-order valence-corrected chi connectivity index (χ0v) is 12.2. The fourth-order valence-corrected chi connectivity index (χ4v) is 1.70. The minimum Gasteiger partial charge on any atom is -0.352 e. The Morgan fingerprint density at radius 2 is 2.00 bits per heavy atom. The topological polar surface area (TPSA) is 83.5 Å².